The summed E-state index contributed by atoms with van der Waals surface area (Å²) >= 11 is 0. The Morgan fingerprint density at radius 3 is 1.86 bits per heavy atom. The third kappa shape index (κ3) is 3.19. The van der Waals surface area contributed by atoms with Gasteiger partial charge < -0.3 is 19.3 Å². The Balaban J connectivity index is 1.36. The van der Waals surface area contributed by atoms with Crippen molar-refractivity contribution in [1.29, 1.82) is 0 Å². The Bertz CT molecular complexity index is 1790. The molecule has 2 aliphatic heterocycles. The number of aromatic nitrogens is 4. The van der Waals surface area contributed by atoms with E-state index in [0.717, 1.165) is 47.1 Å². The zero-order valence-corrected chi connectivity index (χ0v) is 27.5. The number of anilines is 2. The lowest BCUT2D eigenvalue weighted by Gasteiger charge is -2.48. The molecule has 2 aromatic heterocycles. The molecule has 0 radical (unpaired) electrons. The van der Waals surface area contributed by atoms with E-state index in [-0.39, 0.29) is 16.5 Å². The number of benzene rings is 2. The largest absolute Gasteiger partial charge is 0.497 e. The van der Waals surface area contributed by atoms with E-state index in [0.29, 0.717) is 17.8 Å². The average Bonchev–Trinajstić information content (AvgIpc) is 3.70. The van der Waals surface area contributed by atoms with Gasteiger partial charge in [0.05, 0.1) is 37.0 Å². The Morgan fingerprint density at radius 2 is 1.30 bits per heavy atom. The van der Waals surface area contributed by atoms with Crippen molar-refractivity contribution in [3.63, 3.8) is 0 Å². The molecule has 4 heterocycles. The maximum Gasteiger partial charge on any atom is 0.136 e. The molecule has 0 saturated heterocycles. The van der Waals surface area contributed by atoms with E-state index < -0.39 is 0 Å². The molecule has 8 nitrogen and oxygen atoms in total. The summed E-state index contributed by atoms with van der Waals surface area (Å²) in [5, 5.41) is 10.5. The van der Waals surface area contributed by atoms with Crippen molar-refractivity contribution in [3.05, 3.63) is 71.0 Å². The van der Waals surface area contributed by atoms with Crippen molar-refractivity contribution in [3.8, 4) is 22.9 Å². The molecule has 0 N–H and O–H groups in total. The van der Waals surface area contributed by atoms with Crippen molar-refractivity contribution < 1.29 is 9.47 Å². The van der Waals surface area contributed by atoms with Gasteiger partial charge in [-0.25, -0.2) is 9.36 Å². The molecule has 4 bridgehead atoms. The van der Waals surface area contributed by atoms with Crippen LogP contribution < -0.4 is 19.3 Å². The van der Waals surface area contributed by atoms with E-state index in [1.54, 1.807) is 14.2 Å². The van der Waals surface area contributed by atoms with Gasteiger partial charge >= 0.3 is 0 Å². The number of fused-ring (bicyclic) bond motifs is 6. The molecule has 0 amide bonds. The van der Waals surface area contributed by atoms with E-state index in [2.05, 4.69) is 92.1 Å². The molecule has 6 unspecified atom stereocenters. The molecule has 1 spiro atoms. The second-order valence-electron chi connectivity index (χ2n) is 14.4. The lowest BCUT2D eigenvalue weighted by molar-refractivity contribution is 0.219. The van der Waals surface area contributed by atoms with Crippen molar-refractivity contribution in [2.45, 2.75) is 76.3 Å². The van der Waals surface area contributed by atoms with E-state index in [1.165, 1.54) is 29.2 Å². The van der Waals surface area contributed by atoms with Gasteiger partial charge in [0.1, 0.15) is 23.1 Å². The first kappa shape index (κ1) is 27.6. The molecule has 2 aliphatic carbocycles. The average molecular weight is 593 g/mol. The normalized spacial score (nSPS) is 31.4. The molecule has 4 aliphatic rings. The number of hydrogen-bond donors (Lipinski definition) is 0. The third-order valence-electron chi connectivity index (χ3n) is 12.5. The summed E-state index contributed by atoms with van der Waals surface area (Å²) in [5.74, 6) is 5.48. The lowest BCUT2D eigenvalue weighted by atomic mass is 9.62. The van der Waals surface area contributed by atoms with E-state index >= 15 is 0 Å². The summed E-state index contributed by atoms with van der Waals surface area (Å²) in [6, 6.07) is 16.7. The first-order valence-electron chi connectivity index (χ1n) is 15.9. The van der Waals surface area contributed by atoms with Crippen LogP contribution in [0, 0.1) is 25.7 Å². The zero-order chi connectivity index (χ0) is 30.9. The Morgan fingerprint density at radius 1 is 0.750 bits per heavy atom. The molecule has 230 valence electrons. The molecular formula is C36H44N6O2. The van der Waals surface area contributed by atoms with Crippen LogP contribution in [-0.2, 0) is 5.41 Å². The summed E-state index contributed by atoms with van der Waals surface area (Å²) in [6.45, 7) is 12.0. The molecule has 6 atom stereocenters. The van der Waals surface area contributed by atoms with Crippen molar-refractivity contribution in [2.75, 3.05) is 38.1 Å². The monoisotopic (exact) mass is 592 g/mol. The van der Waals surface area contributed by atoms with Gasteiger partial charge in [-0.3, -0.25) is 0 Å². The van der Waals surface area contributed by atoms with Gasteiger partial charge in [0.25, 0.3) is 0 Å². The van der Waals surface area contributed by atoms with E-state index in [9.17, 15) is 0 Å². The molecule has 2 fully saturated rings. The van der Waals surface area contributed by atoms with Crippen LogP contribution in [-0.4, -0.2) is 59.0 Å². The maximum absolute atomic E-state index is 5.48. The second-order valence-corrected chi connectivity index (χ2v) is 14.4. The molecule has 4 aromatic rings. The molecule has 8 rings (SSSR count). The second kappa shape index (κ2) is 8.83. The highest BCUT2D eigenvalue weighted by Gasteiger charge is 2.73. The Hall–Kier alpha value is -3.94. The highest BCUT2D eigenvalue weighted by Crippen LogP contribution is 2.73. The Kier molecular flexibility index (Phi) is 5.54. The number of hydrogen-bond acceptors (Lipinski definition) is 6. The quantitative estimate of drug-likeness (QED) is 0.267. The third-order valence-corrected chi connectivity index (χ3v) is 12.5. The SMILES string of the molecule is COc1ccc(-n2nc(C)c3c2N(C)C2(C)CC4C3(C)C3CC4(C2)N(C)c2c(c(C)nn2-c2ccc(OC)cc2)C3C)cc1. The highest BCUT2D eigenvalue weighted by molar-refractivity contribution is 5.68. The minimum absolute atomic E-state index is 0.00493. The first-order valence-corrected chi connectivity index (χ1v) is 15.9. The van der Waals surface area contributed by atoms with E-state index in [4.69, 9.17) is 19.7 Å². The van der Waals surface area contributed by atoms with Crippen LogP contribution in [0.25, 0.3) is 11.4 Å². The molecule has 44 heavy (non-hydrogen) atoms. The fourth-order valence-electron chi connectivity index (χ4n) is 10.4. The van der Waals surface area contributed by atoms with Gasteiger partial charge in [-0.1, -0.05) is 13.8 Å². The smallest absolute Gasteiger partial charge is 0.136 e. The summed E-state index contributed by atoms with van der Waals surface area (Å²) in [5.41, 5.74) is 7.16. The van der Waals surface area contributed by atoms with Crippen LogP contribution in [0.4, 0.5) is 11.6 Å². The topological polar surface area (TPSA) is 60.6 Å². The minimum atomic E-state index is -0.0489. The van der Waals surface area contributed by atoms with Gasteiger partial charge in [-0.2, -0.15) is 10.2 Å². The number of rotatable bonds is 4. The summed E-state index contributed by atoms with van der Waals surface area (Å²) in [6.07, 6.45) is 3.41. The summed E-state index contributed by atoms with van der Waals surface area (Å²) < 4.78 is 15.4. The molecule has 8 heteroatoms. The van der Waals surface area contributed by atoms with Crippen LogP contribution in [0.3, 0.4) is 0 Å². The molecule has 2 aromatic carbocycles. The maximum atomic E-state index is 5.48. The lowest BCUT2D eigenvalue weighted by Crippen LogP contribution is -2.53. The zero-order valence-electron chi connectivity index (χ0n) is 27.5. The van der Waals surface area contributed by atoms with Gasteiger partial charge in [-0.05, 0) is 106 Å². The van der Waals surface area contributed by atoms with Gasteiger partial charge in [-0.15, -0.1) is 0 Å². The standard InChI is InChI=1S/C36H44N6O2/c1-21-28-18-36(40(7)32-30(21)22(2)37-41(32)24-10-14-26(43-8)15-11-24)20-34(4)19-29(36)35(28,5)31-23(3)38-42(33(31)39(34)6)25-12-16-27(44-9)17-13-25/h10-17,21,28-29H,18-20H2,1-9H3. The van der Waals surface area contributed by atoms with Gasteiger partial charge in [0.2, 0.25) is 0 Å². The fraction of sp³-hybridized carbons (Fsp3) is 0.500. The van der Waals surface area contributed by atoms with Crippen LogP contribution in [0.15, 0.2) is 48.5 Å². The first-order chi connectivity index (χ1) is 21.0. The van der Waals surface area contributed by atoms with Gasteiger partial charge in [0.15, 0.2) is 0 Å². The van der Waals surface area contributed by atoms with Crippen LogP contribution in [0.2, 0.25) is 0 Å². The number of aryl methyl sites for hydroxylation is 2. The van der Waals surface area contributed by atoms with Crippen molar-refractivity contribution >= 4 is 11.6 Å². The highest BCUT2D eigenvalue weighted by atomic mass is 16.5. The van der Waals surface area contributed by atoms with Gasteiger partial charge in [0, 0.05) is 41.7 Å². The Labute approximate surface area is 260 Å². The van der Waals surface area contributed by atoms with Crippen molar-refractivity contribution in [2.24, 2.45) is 11.8 Å². The van der Waals surface area contributed by atoms with Crippen LogP contribution >= 0.6 is 0 Å². The van der Waals surface area contributed by atoms with Crippen molar-refractivity contribution in [1.82, 2.24) is 19.6 Å². The summed E-state index contributed by atoms with van der Waals surface area (Å²) in [7, 11) is 8.10. The number of methoxy groups -OCH3 is 2. The molecule has 2 saturated carbocycles. The molecular weight excluding hydrogens is 548 g/mol. The fourth-order valence-corrected chi connectivity index (χ4v) is 10.4. The number of nitrogens with zero attached hydrogens (tertiary/aromatic N) is 6. The van der Waals surface area contributed by atoms with Crippen LogP contribution in [0.1, 0.15) is 68.5 Å². The summed E-state index contributed by atoms with van der Waals surface area (Å²) in [4.78, 5) is 5.26. The minimum Gasteiger partial charge on any atom is -0.497 e. The predicted octanol–water partition coefficient (Wildman–Crippen LogP) is 6.58. The van der Waals surface area contributed by atoms with Crippen LogP contribution in [0.5, 0.6) is 11.5 Å². The predicted molar refractivity (Wildman–Crippen MR) is 174 cm³/mol. The number of ether oxygens (including phenoxy) is 2. The van der Waals surface area contributed by atoms with E-state index in [1.807, 2.05) is 24.3 Å².